The summed E-state index contributed by atoms with van der Waals surface area (Å²) in [6.45, 7) is 6.25. The van der Waals surface area contributed by atoms with Crippen LogP contribution in [0.2, 0.25) is 10.0 Å². The molecule has 1 fully saturated rings. The number of carbonyl (C=O) groups excluding carboxylic acids is 1. The molecule has 1 amide bonds. The lowest BCUT2D eigenvalue weighted by molar-refractivity contribution is -0.129. The fourth-order valence-corrected chi connectivity index (χ4v) is 6.77. The molecule has 50 heavy (non-hydrogen) atoms. The number of aromatic nitrogens is 5. The van der Waals surface area contributed by atoms with Gasteiger partial charge in [0, 0.05) is 79.4 Å². The number of piperidine rings is 1. The second-order valence-corrected chi connectivity index (χ2v) is 13.0. The van der Waals surface area contributed by atoms with Crippen LogP contribution in [-0.4, -0.2) is 86.5 Å². The summed E-state index contributed by atoms with van der Waals surface area (Å²) in [7, 11) is 3.18. The number of nitrogens with one attached hydrogen (secondary N) is 2. The van der Waals surface area contributed by atoms with Gasteiger partial charge in [0.1, 0.15) is 0 Å². The fourth-order valence-electron chi connectivity index (χ4n) is 6.12. The summed E-state index contributed by atoms with van der Waals surface area (Å²) in [5.74, 6) is 1.70. The number of rotatable bonds is 12. The first-order chi connectivity index (χ1) is 24.2. The average molecular weight is 720 g/mol. The van der Waals surface area contributed by atoms with Gasteiger partial charge in [0.2, 0.25) is 11.8 Å². The number of aliphatic hydroxyl groups excluding tert-OH is 1. The van der Waals surface area contributed by atoms with Crippen LogP contribution in [-0.2, 0) is 17.9 Å². The SMILES string of the molecule is COc1nc(-c2cccc(-c3ccnc(-c4cc(OC)c5nc(CNC[C@@H](C)O)nn5c4)c3Cl)c2Cl)ccc1CNC1CCN(C(C)=O)CC1. The molecule has 0 unspecified atom stereocenters. The van der Waals surface area contributed by atoms with Gasteiger partial charge in [-0.1, -0.05) is 47.5 Å². The van der Waals surface area contributed by atoms with Crippen LogP contribution >= 0.6 is 23.2 Å². The van der Waals surface area contributed by atoms with E-state index < -0.39 is 6.10 Å². The van der Waals surface area contributed by atoms with Crippen LogP contribution in [0.4, 0.5) is 0 Å². The minimum Gasteiger partial charge on any atom is -0.493 e. The number of nitrogens with zero attached hydrogens (tertiary/aromatic N) is 6. The first kappa shape index (κ1) is 35.5. The third-order valence-corrected chi connectivity index (χ3v) is 9.56. The molecule has 4 aromatic heterocycles. The minimum absolute atomic E-state index is 0.124. The van der Waals surface area contributed by atoms with Gasteiger partial charge in [-0.2, -0.15) is 0 Å². The quantitative estimate of drug-likeness (QED) is 0.153. The molecule has 1 aliphatic heterocycles. The largest absolute Gasteiger partial charge is 0.493 e. The highest BCUT2D eigenvalue weighted by Gasteiger charge is 2.22. The molecular formula is C36H40Cl2N8O4. The van der Waals surface area contributed by atoms with Gasteiger partial charge in [0.05, 0.1) is 48.3 Å². The highest BCUT2D eigenvalue weighted by molar-refractivity contribution is 6.39. The second-order valence-electron chi connectivity index (χ2n) is 12.3. The van der Waals surface area contributed by atoms with E-state index in [1.165, 1.54) is 0 Å². The van der Waals surface area contributed by atoms with Crippen molar-refractivity contribution in [2.24, 2.45) is 0 Å². The first-order valence-electron chi connectivity index (χ1n) is 16.5. The molecule has 262 valence electrons. The molecule has 14 heteroatoms. The van der Waals surface area contributed by atoms with E-state index in [1.807, 2.05) is 47.4 Å². The average Bonchev–Trinajstić information content (AvgIpc) is 3.53. The van der Waals surface area contributed by atoms with E-state index in [0.29, 0.717) is 81.3 Å². The van der Waals surface area contributed by atoms with E-state index in [-0.39, 0.29) is 5.91 Å². The van der Waals surface area contributed by atoms with Gasteiger partial charge in [-0.15, -0.1) is 5.10 Å². The van der Waals surface area contributed by atoms with Crippen molar-refractivity contribution < 1.29 is 19.4 Å². The maximum absolute atomic E-state index is 11.7. The molecule has 0 aliphatic carbocycles. The van der Waals surface area contributed by atoms with Gasteiger partial charge in [-0.25, -0.2) is 14.5 Å². The summed E-state index contributed by atoms with van der Waals surface area (Å²) in [5.41, 5.74) is 5.51. The molecule has 6 rings (SSSR count). The van der Waals surface area contributed by atoms with E-state index >= 15 is 0 Å². The number of pyridine rings is 3. The van der Waals surface area contributed by atoms with Crippen LogP contribution in [0.25, 0.3) is 39.3 Å². The predicted molar refractivity (Wildman–Crippen MR) is 194 cm³/mol. The van der Waals surface area contributed by atoms with Crippen LogP contribution in [0, 0.1) is 0 Å². The van der Waals surface area contributed by atoms with E-state index in [1.54, 1.807) is 45.0 Å². The zero-order valence-corrected chi connectivity index (χ0v) is 29.9. The van der Waals surface area contributed by atoms with Gasteiger partial charge in [-0.3, -0.25) is 9.78 Å². The Labute approximate surface area is 300 Å². The first-order valence-corrected chi connectivity index (χ1v) is 17.2. The molecule has 0 saturated carbocycles. The van der Waals surface area contributed by atoms with Crippen molar-refractivity contribution >= 4 is 34.8 Å². The molecule has 1 aromatic carbocycles. The summed E-state index contributed by atoms with van der Waals surface area (Å²) in [6, 6.07) is 13.7. The Morgan fingerprint density at radius 3 is 2.50 bits per heavy atom. The van der Waals surface area contributed by atoms with E-state index in [2.05, 4.69) is 25.7 Å². The molecule has 5 aromatic rings. The molecule has 5 heterocycles. The monoisotopic (exact) mass is 718 g/mol. The Morgan fingerprint density at radius 1 is 1.02 bits per heavy atom. The van der Waals surface area contributed by atoms with Crippen LogP contribution in [0.5, 0.6) is 11.6 Å². The number of hydrogen-bond acceptors (Lipinski definition) is 10. The summed E-state index contributed by atoms with van der Waals surface area (Å²) in [4.78, 5) is 27.6. The Bertz CT molecular complexity index is 2000. The van der Waals surface area contributed by atoms with Crippen molar-refractivity contribution in [3.63, 3.8) is 0 Å². The molecule has 1 aliphatic rings. The number of ether oxygens (including phenoxy) is 2. The molecule has 1 saturated heterocycles. The molecule has 1 atom stereocenters. The summed E-state index contributed by atoms with van der Waals surface area (Å²) >= 11 is 14.2. The molecule has 0 bridgehead atoms. The van der Waals surface area contributed by atoms with Crippen molar-refractivity contribution in [3.8, 4) is 45.3 Å². The van der Waals surface area contributed by atoms with Gasteiger partial charge < -0.3 is 30.1 Å². The van der Waals surface area contributed by atoms with E-state index in [9.17, 15) is 9.90 Å². The Hall–Kier alpha value is -4.33. The van der Waals surface area contributed by atoms with Crippen LogP contribution < -0.4 is 20.1 Å². The van der Waals surface area contributed by atoms with Gasteiger partial charge >= 0.3 is 0 Å². The second kappa shape index (κ2) is 15.7. The normalized spacial score (nSPS) is 14.3. The van der Waals surface area contributed by atoms with Crippen molar-refractivity contribution in [1.82, 2.24) is 40.1 Å². The molecule has 0 radical (unpaired) electrons. The topological polar surface area (TPSA) is 139 Å². The molecular weight excluding hydrogens is 679 g/mol. The lowest BCUT2D eigenvalue weighted by Gasteiger charge is -2.31. The van der Waals surface area contributed by atoms with Gasteiger partial charge in [0.25, 0.3) is 0 Å². The fraction of sp³-hybridized carbons (Fsp3) is 0.361. The number of amides is 1. The van der Waals surface area contributed by atoms with Gasteiger partial charge in [-0.05, 0) is 38.0 Å². The number of benzene rings is 1. The van der Waals surface area contributed by atoms with Crippen LogP contribution in [0.15, 0.2) is 54.9 Å². The standard InChI is InChI=1S/C36H40Cl2N8O4/c1-21(47)17-39-19-31-43-35-30(49-3)16-24(20-46(35)44-31)34-33(38)27(10-13-40-34)26-6-5-7-28(32(26)37)29-9-8-23(36(42-29)50-4)18-41-25-11-14-45(15-12-25)22(2)48/h5-10,13,16,20-21,25,39,41,47H,11-12,14-15,17-19H2,1-4H3/t21-/m1/s1. The number of halogens is 2. The molecule has 0 spiro atoms. The smallest absolute Gasteiger partial charge is 0.219 e. The summed E-state index contributed by atoms with van der Waals surface area (Å²) < 4.78 is 13.0. The summed E-state index contributed by atoms with van der Waals surface area (Å²) in [6.07, 6.45) is 4.82. The zero-order chi connectivity index (χ0) is 35.4. The van der Waals surface area contributed by atoms with Crippen LogP contribution in [0.1, 0.15) is 38.1 Å². The predicted octanol–water partition coefficient (Wildman–Crippen LogP) is 5.42. The van der Waals surface area contributed by atoms with Crippen LogP contribution in [0.3, 0.4) is 0 Å². The third-order valence-electron chi connectivity index (χ3n) is 8.77. The van der Waals surface area contributed by atoms with E-state index in [0.717, 1.165) is 42.6 Å². The number of fused-ring (bicyclic) bond motifs is 1. The zero-order valence-electron chi connectivity index (χ0n) is 28.4. The van der Waals surface area contributed by atoms with Crippen molar-refractivity contribution in [2.45, 2.75) is 51.9 Å². The maximum atomic E-state index is 11.7. The number of aliphatic hydroxyl groups is 1. The number of carbonyl (C=O) groups is 1. The van der Waals surface area contributed by atoms with Crippen molar-refractivity contribution in [2.75, 3.05) is 33.9 Å². The minimum atomic E-state index is -0.482. The van der Waals surface area contributed by atoms with Crippen molar-refractivity contribution in [3.05, 3.63) is 76.3 Å². The van der Waals surface area contributed by atoms with Crippen molar-refractivity contribution in [1.29, 1.82) is 0 Å². The number of hydrogen-bond donors (Lipinski definition) is 3. The van der Waals surface area contributed by atoms with E-state index in [4.69, 9.17) is 37.7 Å². The Balaban J connectivity index is 1.26. The lowest BCUT2D eigenvalue weighted by atomic mass is 9.99. The summed E-state index contributed by atoms with van der Waals surface area (Å²) in [5, 5.41) is 21.8. The number of methoxy groups -OCH3 is 2. The Morgan fingerprint density at radius 2 is 1.78 bits per heavy atom. The molecule has 12 nitrogen and oxygen atoms in total. The Kier molecular flexibility index (Phi) is 11.1. The number of likely N-dealkylation sites (tertiary alicyclic amines) is 1. The van der Waals surface area contributed by atoms with Gasteiger partial charge in [0.15, 0.2) is 17.2 Å². The maximum Gasteiger partial charge on any atom is 0.219 e. The third kappa shape index (κ3) is 7.69. The highest BCUT2D eigenvalue weighted by atomic mass is 35.5. The lowest BCUT2D eigenvalue weighted by Crippen LogP contribution is -2.44. The molecule has 3 N–H and O–H groups in total. The highest BCUT2D eigenvalue weighted by Crippen LogP contribution is 2.42.